The van der Waals surface area contributed by atoms with Crippen LogP contribution in [0.2, 0.25) is 0 Å². The zero-order valence-electron chi connectivity index (χ0n) is 18.7. The maximum Gasteiger partial charge on any atom is 0.252 e. The van der Waals surface area contributed by atoms with E-state index in [9.17, 15) is 4.79 Å². The summed E-state index contributed by atoms with van der Waals surface area (Å²) >= 11 is 1.60. The third-order valence-electron chi connectivity index (χ3n) is 5.85. The lowest BCUT2D eigenvalue weighted by Gasteiger charge is -2.21. The molecule has 1 fully saturated rings. The van der Waals surface area contributed by atoms with Gasteiger partial charge in [-0.15, -0.1) is 11.3 Å². The highest BCUT2D eigenvalue weighted by Crippen LogP contribution is 2.49. The number of nitrogens with zero attached hydrogens (tertiary/aromatic N) is 2. The van der Waals surface area contributed by atoms with Gasteiger partial charge < -0.3 is 15.8 Å². The molecule has 0 spiro atoms. The highest BCUT2D eigenvalue weighted by Gasteiger charge is 2.47. The predicted molar refractivity (Wildman–Crippen MR) is 132 cm³/mol. The van der Waals surface area contributed by atoms with Crippen LogP contribution >= 0.6 is 11.3 Å². The molecule has 2 heterocycles. The molecule has 4 aromatic rings. The summed E-state index contributed by atoms with van der Waals surface area (Å²) in [7, 11) is 0. The number of benzene rings is 2. The smallest absolute Gasteiger partial charge is 0.252 e. The quantitative estimate of drug-likeness (QED) is 0.415. The fraction of sp³-hybridized carbons (Fsp3) is 0.269. The number of ether oxygens (including phenoxy) is 1. The van der Waals surface area contributed by atoms with Gasteiger partial charge in [-0.25, -0.2) is 4.98 Å². The molecule has 1 aliphatic carbocycles. The first-order chi connectivity index (χ1) is 15.9. The maximum absolute atomic E-state index is 13.3. The van der Waals surface area contributed by atoms with E-state index in [1.807, 2.05) is 43.6 Å². The Kier molecular flexibility index (Phi) is 5.60. The van der Waals surface area contributed by atoms with E-state index < -0.39 is 5.54 Å². The number of carbonyl (C=O) groups excluding carboxylic acids is 1. The van der Waals surface area contributed by atoms with Crippen LogP contribution in [0.5, 0.6) is 5.75 Å². The lowest BCUT2D eigenvalue weighted by molar-refractivity contribution is 0.0930. The first kappa shape index (κ1) is 21.6. The van der Waals surface area contributed by atoms with Gasteiger partial charge in [0, 0.05) is 39.8 Å². The van der Waals surface area contributed by atoms with E-state index in [2.05, 4.69) is 28.5 Å². The van der Waals surface area contributed by atoms with Crippen LogP contribution in [0.25, 0.3) is 21.5 Å². The average Bonchev–Trinajstić information content (AvgIpc) is 3.36. The average molecular weight is 459 g/mol. The summed E-state index contributed by atoms with van der Waals surface area (Å²) < 4.78 is 5.70. The number of amides is 1. The number of nitrogens with one attached hydrogen (secondary N) is 1. The summed E-state index contributed by atoms with van der Waals surface area (Å²) in [5.74, 6) is 0.521. The molecule has 2 aromatic heterocycles. The molecule has 1 aliphatic rings. The number of pyridine rings is 1. The summed E-state index contributed by atoms with van der Waals surface area (Å²) in [5.41, 5.74) is 9.94. The Hall–Kier alpha value is -3.29. The fourth-order valence-corrected chi connectivity index (χ4v) is 4.68. The van der Waals surface area contributed by atoms with E-state index in [0.29, 0.717) is 17.9 Å². The van der Waals surface area contributed by atoms with E-state index in [0.717, 1.165) is 45.6 Å². The molecular formula is C26H26N4O2S. The number of hydrogen-bond acceptors (Lipinski definition) is 6. The molecule has 3 N–H and O–H groups in total. The molecule has 0 aliphatic heterocycles. The Labute approximate surface area is 196 Å². The molecule has 1 atom stereocenters. The summed E-state index contributed by atoms with van der Waals surface area (Å²) in [6.07, 6.45) is 3.57. The fourth-order valence-electron chi connectivity index (χ4n) is 4.05. The number of hydrogen-bond donors (Lipinski definition) is 2. The van der Waals surface area contributed by atoms with Crippen LogP contribution in [-0.2, 0) is 5.54 Å². The van der Waals surface area contributed by atoms with Crippen molar-refractivity contribution in [3.63, 3.8) is 0 Å². The molecule has 0 unspecified atom stereocenters. The molecule has 6 nitrogen and oxygen atoms in total. The Morgan fingerprint density at radius 3 is 2.82 bits per heavy atom. The lowest BCUT2D eigenvalue weighted by atomic mass is 9.95. The van der Waals surface area contributed by atoms with Crippen molar-refractivity contribution in [2.75, 3.05) is 6.61 Å². The van der Waals surface area contributed by atoms with Crippen molar-refractivity contribution in [3.8, 4) is 16.3 Å². The first-order valence-electron chi connectivity index (χ1n) is 11.1. The van der Waals surface area contributed by atoms with Gasteiger partial charge in [0.05, 0.1) is 11.1 Å². The van der Waals surface area contributed by atoms with Crippen molar-refractivity contribution in [3.05, 3.63) is 76.9 Å². The van der Waals surface area contributed by atoms with E-state index in [1.165, 1.54) is 0 Å². The second-order valence-corrected chi connectivity index (χ2v) is 9.63. The minimum absolute atomic E-state index is 0.0761. The van der Waals surface area contributed by atoms with Crippen molar-refractivity contribution in [1.82, 2.24) is 15.3 Å². The van der Waals surface area contributed by atoms with Crippen LogP contribution in [0, 0.1) is 6.92 Å². The number of nitrogens with two attached hydrogens (primary N) is 1. The van der Waals surface area contributed by atoms with Crippen LogP contribution < -0.4 is 15.8 Å². The summed E-state index contributed by atoms with van der Waals surface area (Å²) in [4.78, 5) is 22.5. The summed E-state index contributed by atoms with van der Waals surface area (Å²) in [6.45, 7) is 4.27. The third kappa shape index (κ3) is 4.47. The number of rotatable bonds is 7. The summed E-state index contributed by atoms with van der Waals surface area (Å²) in [6, 6.07) is 15.5. The van der Waals surface area contributed by atoms with Gasteiger partial charge in [-0.05, 0) is 68.7 Å². The van der Waals surface area contributed by atoms with Crippen LogP contribution in [0.3, 0.4) is 0 Å². The topological polar surface area (TPSA) is 90.1 Å². The minimum Gasteiger partial charge on any atom is -0.492 e. The molecule has 2 aromatic carbocycles. The number of aromatic nitrogens is 2. The van der Waals surface area contributed by atoms with Crippen molar-refractivity contribution >= 4 is 28.1 Å². The van der Waals surface area contributed by atoms with E-state index in [1.54, 1.807) is 23.5 Å². The van der Waals surface area contributed by atoms with Gasteiger partial charge in [0.25, 0.3) is 5.91 Å². The van der Waals surface area contributed by atoms with E-state index in [4.69, 9.17) is 15.5 Å². The lowest BCUT2D eigenvalue weighted by Crippen LogP contribution is -2.35. The van der Waals surface area contributed by atoms with Gasteiger partial charge in [0.1, 0.15) is 17.4 Å². The number of fused-ring (bicyclic) bond motifs is 1. The number of thiazole rings is 1. The SMILES string of the molecule is Cc1ccc2c(C3(NC(=O)c4cccc(OC[C@H](C)N)c4)CC3)cc(-c3nccs3)cc2n1. The first-order valence-corrected chi connectivity index (χ1v) is 11.9. The molecular weight excluding hydrogens is 432 g/mol. The molecule has 0 saturated heterocycles. The molecule has 168 valence electrons. The van der Waals surface area contributed by atoms with Gasteiger partial charge >= 0.3 is 0 Å². The minimum atomic E-state index is -0.415. The Bertz CT molecular complexity index is 1310. The van der Waals surface area contributed by atoms with Crippen LogP contribution in [0.1, 0.15) is 41.4 Å². The normalized spacial score (nSPS) is 15.2. The second-order valence-electron chi connectivity index (χ2n) is 8.73. The van der Waals surface area contributed by atoms with Crippen LogP contribution in [0.4, 0.5) is 0 Å². The number of carbonyl (C=O) groups is 1. The number of aryl methyl sites for hydroxylation is 1. The standard InChI is InChI=1S/C26H26N4O2S/c1-16(27)15-32-20-5-3-4-18(12-20)24(31)30-26(8-9-26)22-13-19(25-28-10-11-33-25)14-23-21(22)7-6-17(2)29-23/h3-7,10-14,16H,8-9,15,27H2,1-2H3,(H,30,31)/t16-/m0/s1. The second kappa shape index (κ2) is 8.57. The van der Waals surface area contributed by atoms with Gasteiger partial charge in [-0.2, -0.15) is 0 Å². The zero-order valence-corrected chi connectivity index (χ0v) is 19.5. The molecule has 0 radical (unpaired) electrons. The van der Waals surface area contributed by atoms with Gasteiger partial charge in [-0.1, -0.05) is 12.1 Å². The van der Waals surface area contributed by atoms with E-state index in [-0.39, 0.29) is 11.9 Å². The molecule has 33 heavy (non-hydrogen) atoms. The Morgan fingerprint density at radius 1 is 1.24 bits per heavy atom. The summed E-state index contributed by atoms with van der Waals surface area (Å²) in [5, 5.41) is 7.29. The molecule has 5 rings (SSSR count). The maximum atomic E-state index is 13.3. The molecule has 7 heteroatoms. The Balaban J connectivity index is 1.49. The van der Waals surface area contributed by atoms with Crippen LogP contribution in [-0.4, -0.2) is 28.5 Å². The molecule has 1 amide bonds. The molecule has 0 bridgehead atoms. The Morgan fingerprint density at radius 2 is 2.09 bits per heavy atom. The zero-order chi connectivity index (χ0) is 23.0. The van der Waals surface area contributed by atoms with Crippen molar-refractivity contribution in [1.29, 1.82) is 0 Å². The highest BCUT2D eigenvalue weighted by molar-refractivity contribution is 7.13. The largest absolute Gasteiger partial charge is 0.492 e. The highest BCUT2D eigenvalue weighted by atomic mass is 32.1. The van der Waals surface area contributed by atoms with Gasteiger partial charge in [0.2, 0.25) is 0 Å². The van der Waals surface area contributed by atoms with Crippen LogP contribution in [0.15, 0.2) is 60.1 Å². The monoisotopic (exact) mass is 458 g/mol. The van der Waals surface area contributed by atoms with Gasteiger partial charge in [-0.3, -0.25) is 9.78 Å². The van der Waals surface area contributed by atoms with Crippen molar-refractivity contribution in [2.45, 2.75) is 38.3 Å². The van der Waals surface area contributed by atoms with E-state index >= 15 is 0 Å². The van der Waals surface area contributed by atoms with Gasteiger partial charge in [0.15, 0.2) is 0 Å². The third-order valence-corrected chi connectivity index (χ3v) is 6.68. The molecule has 1 saturated carbocycles. The van der Waals surface area contributed by atoms with Crippen molar-refractivity contribution < 1.29 is 9.53 Å². The van der Waals surface area contributed by atoms with Crippen molar-refractivity contribution in [2.24, 2.45) is 5.73 Å². The predicted octanol–water partition coefficient (Wildman–Crippen LogP) is 4.81.